The number of hydrogen-bond acceptors (Lipinski definition) is 0. The Balaban J connectivity index is 2.67. The second-order valence-electron chi connectivity index (χ2n) is 15.4. The van der Waals surface area contributed by atoms with E-state index < -0.39 is 0 Å². The van der Waals surface area contributed by atoms with Crippen molar-refractivity contribution in [3.05, 3.63) is 12.4 Å². The molecule has 0 aromatic carbocycles. The third-order valence-electron chi connectivity index (χ3n) is 11.0. The Morgan fingerprint density at radius 2 is 0.674 bits per heavy atom. The average molecular weight is 645 g/mol. The highest BCUT2D eigenvalue weighted by Gasteiger charge is 2.42. The van der Waals surface area contributed by atoms with Gasteiger partial charge in [-0.1, -0.05) is 195 Å². The van der Waals surface area contributed by atoms with E-state index in [2.05, 4.69) is 44.7 Å². The van der Waals surface area contributed by atoms with Crippen LogP contribution in [0.5, 0.6) is 0 Å². The van der Waals surface area contributed by atoms with Gasteiger partial charge < -0.3 is 0 Å². The molecule has 0 N–H and O–H groups in total. The number of unbranched alkanes of at least 4 members (excludes halogenated alkanes) is 29. The number of nitrogens with zero attached hydrogens (tertiary/aromatic N) is 2. The van der Waals surface area contributed by atoms with Crippen molar-refractivity contribution in [1.82, 2.24) is 0 Å². The second-order valence-corrected chi connectivity index (χ2v) is 15.4. The van der Waals surface area contributed by atoms with Crippen LogP contribution in [0.2, 0.25) is 0 Å². The van der Waals surface area contributed by atoms with Crippen molar-refractivity contribution < 1.29 is 9.06 Å². The lowest BCUT2D eigenvalue weighted by molar-refractivity contribution is -0.801. The normalized spacial score (nSPS) is 16.3. The van der Waals surface area contributed by atoms with Crippen molar-refractivity contribution in [3.63, 3.8) is 0 Å². The first kappa shape index (κ1) is 43.4. The first-order valence-corrected chi connectivity index (χ1v) is 21.9. The van der Waals surface area contributed by atoms with Crippen LogP contribution in [-0.2, 0) is 0 Å². The van der Waals surface area contributed by atoms with Crippen LogP contribution >= 0.6 is 0 Å². The van der Waals surface area contributed by atoms with E-state index in [1.54, 1.807) is 5.84 Å². The molecule has 1 atom stereocenters. The Kier molecular flexibility index (Phi) is 31.0. The van der Waals surface area contributed by atoms with Gasteiger partial charge >= 0.3 is 5.84 Å². The maximum absolute atomic E-state index is 2.77. The third kappa shape index (κ3) is 22.9. The lowest BCUT2D eigenvalue weighted by Gasteiger charge is -2.29. The van der Waals surface area contributed by atoms with Crippen molar-refractivity contribution in [2.75, 3.05) is 19.6 Å². The predicted molar refractivity (Wildman–Crippen MR) is 209 cm³/mol. The summed E-state index contributed by atoms with van der Waals surface area (Å²) in [6.45, 7) is 13.3. The molecule has 2 heteroatoms. The van der Waals surface area contributed by atoms with Gasteiger partial charge in [0.05, 0.1) is 19.5 Å². The molecule has 0 radical (unpaired) electrons. The highest BCUT2D eigenvalue weighted by molar-refractivity contribution is 5.72. The molecular formula is C44H88N2+2. The molecular weight excluding hydrogens is 556 g/mol. The quantitative estimate of drug-likeness (QED) is 0.0360. The van der Waals surface area contributed by atoms with Crippen molar-refractivity contribution in [1.29, 1.82) is 0 Å². The van der Waals surface area contributed by atoms with Crippen LogP contribution in [0, 0.1) is 0 Å². The van der Waals surface area contributed by atoms with Crippen LogP contribution in [0.15, 0.2) is 12.4 Å². The molecule has 2 nitrogen and oxygen atoms in total. The molecule has 1 rings (SSSR count). The molecule has 0 saturated carbocycles. The second kappa shape index (κ2) is 32.9. The minimum Gasteiger partial charge on any atom is -0.209 e. The minimum absolute atomic E-state index is 1.20. The molecule has 0 aromatic heterocycles. The van der Waals surface area contributed by atoms with Crippen molar-refractivity contribution >= 4 is 5.84 Å². The summed E-state index contributed by atoms with van der Waals surface area (Å²) in [6, 6.07) is 0. The van der Waals surface area contributed by atoms with E-state index in [-0.39, 0.29) is 0 Å². The molecule has 1 heterocycles. The number of rotatable bonds is 37. The molecule has 0 amide bonds. The SMILES string of the molecule is CCCCCCCCCCCCCC1=[N+](CCCCCCCCCCCCC)C=C[N+]1(CCCCCCC)CCCCCCCC. The van der Waals surface area contributed by atoms with E-state index in [0.29, 0.717) is 0 Å². The van der Waals surface area contributed by atoms with Crippen LogP contribution < -0.4 is 0 Å². The smallest absolute Gasteiger partial charge is 0.209 e. The number of quaternary nitrogens is 1. The maximum atomic E-state index is 2.77. The molecule has 46 heavy (non-hydrogen) atoms. The van der Waals surface area contributed by atoms with Gasteiger partial charge in [-0.15, -0.1) is 0 Å². The van der Waals surface area contributed by atoms with Crippen molar-refractivity contribution in [3.8, 4) is 0 Å². The Hall–Kier alpha value is -0.630. The summed E-state index contributed by atoms with van der Waals surface area (Å²) in [5.41, 5.74) is 0. The standard InChI is InChI=1S/C44H88N2/c1-5-9-13-17-20-22-24-26-28-30-34-38-44-45(39-35-31-29-27-25-23-21-18-14-10-6-2)40-43-46(44,41-36-32-16-12-8-4)42-37-33-19-15-11-7-3/h40,43H,5-39,41-42H2,1-4H3/q+2. The summed E-state index contributed by atoms with van der Waals surface area (Å²) in [5.74, 6) is 1.78. The lowest BCUT2D eigenvalue weighted by atomic mass is 10.0. The highest BCUT2D eigenvalue weighted by Crippen LogP contribution is 2.26. The summed E-state index contributed by atoms with van der Waals surface area (Å²) in [4.78, 5) is 0. The van der Waals surface area contributed by atoms with E-state index in [4.69, 9.17) is 0 Å². The van der Waals surface area contributed by atoms with Gasteiger partial charge in [-0.3, -0.25) is 0 Å². The van der Waals surface area contributed by atoms with Crippen LogP contribution in [0.4, 0.5) is 0 Å². The topological polar surface area (TPSA) is 3.01 Å². The predicted octanol–water partition coefficient (Wildman–Crippen LogP) is 15.0. The Bertz CT molecular complexity index is 694. The van der Waals surface area contributed by atoms with Crippen molar-refractivity contribution in [2.24, 2.45) is 0 Å². The molecule has 0 saturated heterocycles. The van der Waals surface area contributed by atoms with Crippen molar-refractivity contribution in [2.45, 2.75) is 246 Å². The zero-order valence-electron chi connectivity index (χ0n) is 32.7. The number of amidine groups is 1. The van der Waals surface area contributed by atoms with Crippen LogP contribution in [-0.4, -0.2) is 34.5 Å². The fourth-order valence-corrected chi connectivity index (χ4v) is 7.79. The van der Waals surface area contributed by atoms with E-state index in [9.17, 15) is 0 Å². The fourth-order valence-electron chi connectivity index (χ4n) is 7.79. The molecule has 272 valence electrons. The van der Waals surface area contributed by atoms with Gasteiger partial charge in [0, 0.05) is 6.42 Å². The molecule has 0 bridgehead atoms. The first-order valence-electron chi connectivity index (χ1n) is 21.9. The summed E-state index contributed by atoms with van der Waals surface area (Å²) in [7, 11) is 0. The number of hydrogen-bond donors (Lipinski definition) is 0. The molecule has 1 aliphatic rings. The first-order chi connectivity index (χ1) is 22.7. The maximum Gasteiger partial charge on any atom is 0.348 e. The van der Waals surface area contributed by atoms with Gasteiger partial charge in [-0.25, -0.2) is 4.48 Å². The molecule has 0 aromatic rings. The van der Waals surface area contributed by atoms with Gasteiger partial charge in [-0.2, -0.15) is 4.58 Å². The van der Waals surface area contributed by atoms with E-state index in [1.165, 1.54) is 242 Å². The van der Waals surface area contributed by atoms with Crippen LogP contribution in [0.1, 0.15) is 246 Å². The van der Waals surface area contributed by atoms with E-state index >= 15 is 0 Å². The summed E-state index contributed by atoms with van der Waals surface area (Å²) >= 11 is 0. The summed E-state index contributed by atoms with van der Waals surface area (Å²) in [6.07, 6.45) is 53.6. The minimum atomic E-state index is 1.20. The van der Waals surface area contributed by atoms with E-state index in [1.807, 2.05) is 0 Å². The third-order valence-corrected chi connectivity index (χ3v) is 11.0. The van der Waals surface area contributed by atoms with Crippen LogP contribution in [0.3, 0.4) is 0 Å². The molecule has 1 unspecified atom stereocenters. The van der Waals surface area contributed by atoms with Crippen LogP contribution in [0.25, 0.3) is 0 Å². The largest absolute Gasteiger partial charge is 0.348 e. The zero-order chi connectivity index (χ0) is 33.2. The monoisotopic (exact) mass is 645 g/mol. The van der Waals surface area contributed by atoms with Gasteiger partial charge in [0.25, 0.3) is 0 Å². The molecule has 0 fully saturated rings. The Labute approximate surface area is 292 Å². The summed E-state index contributed by atoms with van der Waals surface area (Å²) in [5, 5.41) is 0. The Morgan fingerprint density at radius 3 is 1.04 bits per heavy atom. The van der Waals surface area contributed by atoms with E-state index in [0.717, 1.165) is 0 Å². The van der Waals surface area contributed by atoms with Gasteiger partial charge in [0.15, 0.2) is 12.7 Å². The summed E-state index contributed by atoms with van der Waals surface area (Å²) < 4.78 is 3.98. The fraction of sp³-hybridized carbons (Fsp3) is 0.932. The average Bonchev–Trinajstić information content (AvgIpc) is 3.40. The van der Waals surface area contributed by atoms with Gasteiger partial charge in [-0.05, 0) is 38.5 Å². The highest BCUT2D eigenvalue weighted by atomic mass is 15.4. The van der Waals surface area contributed by atoms with Gasteiger partial charge in [0.1, 0.15) is 0 Å². The Morgan fingerprint density at radius 1 is 0.370 bits per heavy atom. The molecule has 1 aliphatic heterocycles. The lowest BCUT2D eigenvalue weighted by Crippen LogP contribution is -2.50. The molecule has 0 aliphatic carbocycles. The zero-order valence-corrected chi connectivity index (χ0v) is 32.7. The molecule has 0 spiro atoms. The van der Waals surface area contributed by atoms with Gasteiger partial charge in [0.2, 0.25) is 6.20 Å².